The van der Waals surface area contributed by atoms with Gasteiger partial charge >= 0.3 is 0 Å². The summed E-state index contributed by atoms with van der Waals surface area (Å²) in [6, 6.07) is 10.5. The van der Waals surface area contributed by atoms with E-state index in [1.807, 2.05) is 13.0 Å². The van der Waals surface area contributed by atoms with E-state index in [0.29, 0.717) is 32.6 Å². The predicted octanol–water partition coefficient (Wildman–Crippen LogP) is 3.85. The summed E-state index contributed by atoms with van der Waals surface area (Å²) >= 11 is 6.45. The highest BCUT2D eigenvalue weighted by atomic mass is 79.9. The van der Waals surface area contributed by atoms with Crippen molar-refractivity contribution < 1.29 is 19.4 Å². The molecule has 0 aliphatic heterocycles. The molecule has 25 heavy (non-hydrogen) atoms. The number of nitrogens with one attached hydrogen (secondary N) is 1. The summed E-state index contributed by atoms with van der Waals surface area (Å²) in [6.45, 7) is 2.19. The van der Waals surface area contributed by atoms with Crippen molar-refractivity contribution in [2.45, 2.75) is 6.92 Å². The van der Waals surface area contributed by atoms with E-state index in [2.05, 4.69) is 42.4 Å². The van der Waals surface area contributed by atoms with Gasteiger partial charge in [-0.3, -0.25) is 4.79 Å². The first-order chi connectivity index (χ1) is 12.0. The molecule has 1 amide bonds. The van der Waals surface area contributed by atoms with Crippen molar-refractivity contribution in [2.24, 2.45) is 5.10 Å². The minimum absolute atomic E-state index is 0.0996. The molecule has 6 nitrogen and oxygen atoms in total. The van der Waals surface area contributed by atoms with Crippen molar-refractivity contribution in [3.8, 4) is 17.2 Å². The number of halogens is 2. The summed E-state index contributed by atoms with van der Waals surface area (Å²) in [4.78, 5) is 11.8. The summed E-state index contributed by atoms with van der Waals surface area (Å²) in [6.07, 6.45) is 1.46. The Bertz CT molecular complexity index is 758. The molecule has 0 aromatic heterocycles. The average molecular weight is 472 g/mol. The normalized spacial score (nSPS) is 10.7. The van der Waals surface area contributed by atoms with Gasteiger partial charge in [-0.1, -0.05) is 12.1 Å². The number of nitrogens with zero attached hydrogens (tertiary/aromatic N) is 1. The van der Waals surface area contributed by atoms with Crippen LogP contribution in [0.5, 0.6) is 17.2 Å². The molecule has 0 radical (unpaired) electrons. The molecule has 0 heterocycles. The lowest BCUT2D eigenvalue weighted by Gasteiger charge is -2.10. The van der Waals surface area contributed by atoms with Gasteiger partial charge in [0.1, 0.15) is 5.75 Å². The minimum Gasteiger partial charge on any atom is -0.506 e. The first-order valence-electron chi connectivity index (χ1n) is 7.35. The average Bonchev–Trinajstić information content (AvgIpc) is 2.59. The molecule has 2 rings (SSSR count). The zero-order valence-electron chi connectivity index (χ0n) is 13.3. The molecule has 0 atom stereocenters. The summed E-state index contributed by atoms with van der Waals surface area (Å²) in [5.41, 5.74) is 3.07. The van der Waals surface area contributed by atoms with Crippen molar-refractivity contribution in [1.82, 2.24) is 5.43 Å². The third-order valence-corrected chi connectivity index (χ3v) is 4.16. The van der Waals surface area contributed by atoms with Crippen LogP contribution in [-0.4, -0.2) is 30.4 Å². The van der Waals surface area contributed by atoms with Crippen LogP contribution in [0.1, 0.15) is 12.5 Å². The first kappa shape index (κ1) is 19.3. The molecule has 2 aromatic carbocycles. The van der Waals surface area contributed by atoms with Crippen LogP contribution < -0.4 is 14.9 Å². The molecule has 2 N–H and O–H groups in total. The molecule has 0 unspecified atom stereocenters. The van der Waals surface area contributed by atoms with Gasteiger partial charge < -0.3 is 14.6 Å². The monoisotopic (exact) mass is 470 g/mol. The highest BCUT2D eigenvalue weighted by Gasteiger charge is 2.07. The zero-order chi connectivity index (χ0) is 18.2. The molecule has 2 aromatic rings. The molecule has 0 fully saturated rings. The van der Waals surface area contributed by atoms with Crippen molar-refractivity contribution in [1.29, 1.82) is 0 Å². The number of benzene rings is 2. The van der Waals surface area contributed by atoms with Crippen LogP contribution in [0.4, 0.5) is 0 Å². The van der Waals surface area contributed by atoms with E-state index in [1.54, 1.807) is 30.3 Å². The molecule has 8 heteroatoms. The molecule has 0 aliphatic carbocycles. The Morgan fingerprint density at radius 3 is 2.40 bits per heavy atom. The molecular formula is C17H16Br2N2O4. The lowest BCUT2D eigenvalue weighted by molar-refractivity contribution is -0.123. The standard InChI is InChI=1S/C17H16Br2N2O4/c1-2-24-14-5-3-4-6-15(14)25-10-16(22)21-20-9-11-7-12(18)17(23)13(19)8-11/h3-9,23H,2,10H2,1H3,(H,21,22)/b20-9-. The Labute approximate surface area is 162 Å². The van der Waals surface area contributed by atoms with E-state index in [-0.39, 0.29) is 12.4 Å². The highest BCUT2D eigenvalue weighted by Crippen LogP contribution is 2.32. The van der Waals surface area contributed by atoms with Gasteiger partial charge in [-0.05, 0) is 68.6 Å². The second-order valence-electron chi connectivity index (χ2n) is 4.79. The third kappa shape index (κ3) is 5.75. The molecule has 0 saturated carbocycles. The Balaban J connectivity index is 1.89. The van der Waals surface area contributed by atoms with Crippen LogP contribution in [0.25, 0.3) is 0 Å². The van der Waals surface area contributed by atoms with Crippen LogP contribution in [0, 0.1) is 0 Å². The number of rotatable bonds is 7. The number of hydrazone groups is 1. The molecule has 0 saturated heterocycles. The van der Waals surface area contributed by atoms with Crippen molar-refractivity contribution in [3.05, 3.63) is 50.9 Å². The van der Waals surface area contributed by atoms with E-state index in [9.17, 15) is 9.90 Å². The van der Waals surface area contributed by atoms with Crippen LogP contribution in [0.3, 0.4) is 0 Å². The van der Waals surface area contributed by atoms with Gasteiger partial charge in [0.2, 0.25) is 0 Å². The Morgan fingerprint density at radius 1 is 1.20 bits per heavy atom. The number of hydrogen-bond donors (Lipinski definition) is 2. The molecule has 0 spiro atoms. The van der Waals surface area contributed by atoms with Crippen LogP contribution in [0.2, 0.25) is 0 Å². The molecule has 0 bridgehead atoms. The predicted molar refractivity (Wildman–Crippen MR) is 102 cm³/mol. The summed E-state index contributed by atoms with van der Waals surface area (Å²) in [5.74, 6) is 0.775. The highest BCUT2D eigenvalue weighted by molar-refractivity contribution is 9.11. The number of amides is 1. The maximum Gasteiger partial charge on any atom is 0.277 e. The number of aromatic hydroxyl groups is 1. The SMILES string of the molecule is CCOc1ccccc1OCC(=O)N/N=C\c1cc(Br)c(O)c(Br)c1. The van der Waals surface area contributed by atoms with E-state index >= 15 is 0 Å². The summed E-state index contributed by atoms with van der Waals surface area (Å²) in [7, 11) is 0. The smallest absolute Gasteiger partial charge is 0.277 e. The van der Waals surface area contributed by atoms with E-state index in [0.717, 1.165) is 0 Å². The van der Waals surface area contributed by atoms with Gasteiger partial charge in [-0.2, -0.15) is 5.10 Å². The Hall–Kier alpha value is -2.06. The topological polar surface area (TPSA) is 80.2 Å². The second kappa shape index (κ2) is 9.43. The quantitative estimate of drug-likeness (QED) is 0.474. The van der Waals surface area contributed by atoms with E-state index < -0.39 is 5.91 Å². The second-order valence-corrected chi connectivity index (χ2v) is 6.50. The molecule has 132 valence electrons. The number of phenols is 1. The van der Waals surface area contributed by atoms with Crippen LogP contribution in [-0.2, 0) is 4.79 Å². The summed E-state index contributed by atoms with van der Waals surface area (Å²) in [5, 5.41) is 13.5. The van der Waals surface area contributed by atoms with Gasteiger partial charge in [0.25, 0.3) is 5.91 Å². The number of ether oxygens (including phenoxy) is 2. The number of carbonyl (C=O) groups is 1. The lowest BCUT2D eigenvalue weighted by Crippen LogP contribution is -2.24. The van der Waals surface area contributed by atoms with E-state index in [1.165, 1.54) is 6.21 Å². The fourth-order valence-corrected chi connectivity index (χ4v) is 3.08. The molecule has 0 aliphatic rings. The van der Waals surface area contributed by atoms with Crippen molar-refractivity contribution in [2.75, 3.05) is 13.2 Å². The van der Waals surface area contributed by atoms with Gasteiger partial charge in [-0.25, -0.2) is 5.43 Å². The number of para-hydroxylation sites is 2. The fourth-order valence-electron chi connectivity index (χ4n) is 1.86. The maximum atomic E-state index is 11.8. The van der Waals surface area contributed by atoms with Gasteiger partial charge in [0.15, 0.2) is 18.1 Å². The third-order valence-electron chi connectivity index (χ3n) is 2.95. The van der Waals surface area contributed by atoms with Crippen molar-refractivity contribution >= 4 is 44.0 Å². The van der Waals surface area contributed by atoms with E-state index in [4.69, 9.17) is 9.47 Å². The summed E-state index contributed by atoms with van der Waals surface area (Å²) < 4.78 is 11.9. The Morgan fingerprint density at radius 2 is 1.80 bits per heavy atom. The van der Waals surface area contributed by atoms with Crippen molar-refractivity contribution in [3.63, 3.8) is 0 Å². The zero-order valence-corrected chi connectivity index (χ0v) is 16.5. The maximum absolute atomic E-state index is 11.8. The lowest BCUT2D eigenvalue weighted by atomic mass is 10.2. The van der Waals surface area contributed by atoms with Gasteiger partial charge in [-0.15, -0.1) is 0 Å². The number of phenolic OH excluding ortho intramolecular Hbond substituents is 1. The minimum atomic E-state index is -0.403. The fraction of sp³-hybridized carbons (Fsp3) is 0.176. The number of carbonyl (C=O) groups excluding carboxylic acids is 1. The Kier molecular flexibility index (Phi) is 7.27. The van der Waals surface area contributed by atoms with Gasteiger partial charge in [0, 0.05) is 0 Å². The van der Waals surface area contributed by atoms with Crippen LogP contribution in [0.15, 0.2) is 50.4 Å². The first-order valence-corrected chi connectivity index (χ1v) is 8.94. The number of hydrogen-bond acceptors (Lipinski definition) is 5. The largest absolute Gasteiger partial charge is 0.506 e. The molecular weight excluding hydrogens is 456 g/mol. The van der Waals surface area contributed by atoms with Gasteiger partial charge in [0.05, 0.1) is 21.8 Å². The van der Waals surface area contributed by atoms with Crippen LogP contribution >= 0.6 is 31.9 Å².